The van der Waals surface area contributed by atoms with Crippen molar-refractivity contribution in [2.24, 2.45) is 0 Å². The van der Waals surface area contributed by atoms with Crippen LogP contribution in [0.1, 0.15) is 45.2 Å². The van der Waals surface area contributed by atoms with E-state index in [1.807, 2.05) is 0 Å². The van der Waals surface area contributed by atoms with Crippen LogP contribution in [0.3, 0.4) is 0 Å². The zero-order chi connectivity index (χ0) is 21.2. The summed E-state index contributed by atoms with van der Waals surface area (Å²) in [5, 5.41) is 9.48. The van der Waals surface area contributed by atoms with Crippen molar-refractivity contribution in [2.45, 2.75) is 64.9 Å². The summed E-state index contributed by atoms with van der Waals surface area (Å²) in [5.74, 6) is -1.67. The van der Waals surface area contributed by atoms with Crippen LogP contribution in [0.4, 0.5) is 13.2 Å². The van der Waals surface area contributed by atoms with Gasteiger partial charge < -0.3 is 9.84 Å². The summed E-state index contributed by atoms with van der Waals surface area (Å²) in [7, 11) is 0. The Morgan fingerprint density at radius 3 is 2.36 bits per heavy atom. The third kappa shape index (κ3) is 5.20. The van der Waals surface area contributed by atoms with Crippen molar-refractivity contribution < 1.29 is 27.8 Å². The number of nitrogens with zero attached hydrogens (tertiary/aromatic N) is 1. The largest absolute Gasteiger partial charge is 0.478 e. The summed E-state index contributed by atoms with van der Waals surface area (Å²) in [6.07, 6.45) is -4.97. The minimum Gasteiger partial charge on any atom is -0.478 e. The van der Waals surface area contributed by atoms with Gasteiger partial charge in [-0.15, -0.1) is 0 Å². The van der Waals surface area contributed by atoms with Crippen molar-refractivity contribution in [1.82, 2.24) is 4.90 Å². The summed E-state index contributed by atoms with van der Waals surface area (Å²) >= 11 is 6.29. The number of aryl methyl sites for hydroxylation is 1. The topological polar surface area (TPSA) is 49.8 Å². The fraction of sp³-hybridized carbons (Fsp3) is 0.550. The highest BCUT2D eigenvalue weighted by molar-refractivity contribution is 6.31. The minimum atomic E-state index is -4.82. The van der Waals surface area contributed by atoms with Gasteiger partial charge in [0.1, 0.15) is 5.75 Å². The molecule has 0 saturated heterocycles. The lowest BCUT2D eigenvalue weighted by atomic mass is 9.98. The Bertz CT molecular complexity index is 752. The highest BCUT2D eigenvalue weighted by Gasteiger charge is 2.48. The van der Waals surface area contributed by atoms with Gasteiger partial charge in [0.2, 0.25) is 6.10 Å². The Hall–Kier alpha value is -1.73. The highest BCUT2D eigenvalue weighted by Crippen LogP contribution is 2.39. The van der Waals surface area contributed by atoms with E-state index in [9.17, 15) is 18.0 Å². The van der Waals surface area contributed by atoms with Crippen LogP contribution in [0.2, 0.25) is 5.02 Å². The number of carbonyl (C=O) groups is 1. The third-order valence-corrected chi connectivity index (χ3v) is 5.10. The second kappa shape index (κ2) is 8.74. The lowest BCUT2D eigenvalue weighted by Gasteiger charge is -2.30. The van der Waals surface area contributed by atoms with E-state index in [1.54, 1.807) is 0 Å². The van der Waals surface area contributed by atoms with E-state index in [4.69, 9.17) is 21.4 Å². The average Bonchev–Trinajstić information content (AvgIpc) is 2.56. The highest BCUT2D eigenvalue weighted by atomic mass is 35.5. The fourth-order valence-electron chi connectivity index (χ4n) is 3.43. The molecule has 0 bridgehead atoms. The average molecular weight is 420 g/mol. The number of hydrogen-bond acceptors (Lipinski definition) is 3. The van der Waals surface area contributed by atoms with E-state index in [0.29, 0.717) is 29.1 Å². The maximum atomic E-state index is 13.2. The molecule has 0 spiro atoms. The van der Waals surface area contributed by atoms with E-state index in [2.05, 4.69) is 32.6 Å². The van der Waals surface area contributed by atoms with Gasteiger partial charge >= 0.3 is 12.1 Å². The first-order valence-electron chi connectivity index (χ1n) is 9.18. The number of carboxylic acids is 1. The van der Waals surface area contributed by atoms with Crippen LogP contribution in [0.25, 0.3) is 6.08 Å². The molecule has 28 heavy (non-hydrogen) atoms. The van der Waals surface area contributed by atoms with Gasteiger partial charge in [0.05, 0.1) is 5.57 Å². The summed E-state index contributed by atoms with van der Waals surface area (Å²) in [5.41, 5.74) is 0.0620. The van der Waals surface area contributed by atoms with Crippen LogP contribution in [-0.2, 0) is 11.2 Å². The maximum Gasteiger partial charge on any atom is 0.430 e. The molecule has 0 saturated carbocycles. The first kappa shape index (κ1) is 22.6. The lowest BCUT2D eigenvalue weighted by Crippen LogP contribution is -2.40. The maximum absolute atomic E-state index is 13.2. The molecule has 1 aliphatic heterocycles. The summed E-state index contributed by atoms with van der Waals surface area (Å²) < 4.78 is 44.6. The Morgan fingerprint density at radius 1 is 1.25 bits per heavy atom. The van der Waals surface area contributed by atoms with Crippen molar-refractivity contribution in [3.8, 4) is 5.75 Å². The zero-order valence-corrected chi connectivity index (χ0v) is 17.1. The first-order valence-corrected chi connectivity index (χ1v) is 9.56. The summed E-state index contributed by atoms with van der Waals surface area (Å²) in [6, 6.07) is 3.72. The molecule has 0 fully saturated rings. The third-order valence-electron chi connectivity index (χ3n) is 4.75. The molecule has 0 aliphatic carbocycles. The van der Waals surface area contributed by atoms with Gasteiger partial charge in [-0.1, -0.05) is 11.6 Å². The number of benzene rings is 1. The Kier molecular flexibility index (Phi) is 7.04. The van der Waals surface area contributed by atoms with E-state index in [-0.39, 0.29) is 11.3 Å². The normalized spacial score (nSPS) is 17.0. The molecular weight excluding hydrogens is 395 g/mol. The van der Waals surface area contributed by atoms with Crippen molar-refractivity contribution in [3.63, 3.8) is 0 Å². The molecule has 1 heterocycles. The second-order valence-corrected chi connectivity index (χ2v) is 7.86. The number of carboxylic acid groups (broad SMARTS) is 1. The Balaban J connectivity index is 2.23. The van der Waals surface area contributed by atoms with Crippen LogP contribution in [0, 0.1) is 0 Å². The predicted octanol–water partition coefficient (Wildman–Crippen LogP) is 5.18. The zero-order valence-electron chi connectivity index (χ0n) is 16.3. The summed E-state index contributed by atoms with van der Waals surface area (Å²) in [4.78, 5) is 13.5. The molecule has 156 valence electrons. The molecular formula is C20H25ClF3NO3. The molecule has 4 nitrogen and oxygen atoms in total. The predicted molar refractivity (Wildman–Crippen MR) is 103 cm³/mol. The van der Waals surface area contributed by atoms with E-state index >= 15 is 0 Å². The molecule has 0 amide bonds. The molecule has 8 heteroatoms. The van der Waals surface area contributed by atoms with Crippen LogP contribution < -0.4 is 4.74 Å². The number of halogens is 4. The Labute approximate surface area is 167 Å². The fourth-order valence-corrected chi connectivity index (χ4v) is 3.70. The van der Waals surface area contributed by atoms with Crippen molar-refractivity contribution in [1.29, 1.82) is 0 Å². The standard InChI is InChI=1S/C20H25ClF3NO3/c1-11(2)25(12(3)4)7-5-6-13-10-17-14(9-16(13)21)8-15(19(26)27)18(28-17)20(22,23)24/h8-12,18H,5-7H2,1-4H3,(H,26,27). The van der Waals surface area contributed by atoms with E-state index in [1.165, 1.54) is 12.1 Å². The van der Waals surface area contributed by atoms with Crippen LogP contribution in [0.15, 0.2) is 17.7 Å². The molecule has 2 rings (SSSR count). The summed E-state index contributed by atoms with van der Waals surface area (Å²) in [6.45, 7) is 9.29. The number of alkyl halides is 3. The quantitative estimate of drug-likeness (QED) is 0.661. The smallest absolute Gasteiger partial charge is 0.430 e. The lowest BCUT2D eigenvalue weighted by molar-refractivity contribution is -0.187. The van der Waals surface area contributed by atoms with Gasteiger partial charge in [-0.2, -0.15) is 13.2 Å². The van der Waals surface area contributed by atoms with E-state index in [0.717, 1.165) is 19.0 Å². The number of ether oxygens (including phenoxy) is 1. The monoisotopic (exact) mass is 419 g/mol. The molecule has 1 aliphatic rings. The molecule has 1 aromatic carbocycles. The molecule has 1 unspecified atom stereocenters. The number of hydrogen-bond donors (Lipinski definition) is 1. The van der Waals surface area contributed by atoms with Crippen LogP contribution in [-0.4, -0.2) is 46.9 Å². The van der Waals surface area contributed by atoms with Crippen LogP contribution >= 0.6 is 11.6 Å². The minimum absolute atomic E-state index is 0.00343. The molecule has 1 N–H and O–H groups in total. The van der Waals surface area contributed by atoms with Gasteiger partial charge in [-0.25, -0.2) is 4.79 Å². The van der Waals surface area contributed by atoms with E-state index < -0.39 is 23.8 Å². The molecule has 0 aromatic heterocycles. The molecule has 1 aromatic rings. The molecule has 0 radical (unpaired) electrons. The van der Waals surface area contributed by atoms with Crippen molar-refractivity contribution >= 4 is 23.6 Å². The van der Waals surface area contributed by atoms with Gasteiger partial charge in [0.15, 0.2) is 0 Å². The molecule has 1 atom stereocenters. The SMILES string of the molecule is CC(C)N(CCCc1cc2c(cc1Cl)C=C(C(=O)O)C(C(F)(F)F)O2)C(C)C. The number of aliphatic carboxylic acids is 1. The van der Waals surface area contributed by atoms with Gasteiger partial charge in [-0.05, 0) is 70.9 Å². The van der Waals surface area contributed by atoms with Gasteiger partial charge in [0, 0.05) is 22.7 Å². The second-order valence-electron chi connectivity index (χ2n) is 7.45. The number of fused-ring (bicyclic) bond motifs is 1. The Morgan fingerprint density at radius 2 is 1.86 bits per heavy atom. The van der Waals surface area contributed by atoms with Gasteiger partial charge in [-0.3, -0.25) is 4.90 Å². The number of rotatable bonds is 7. The van der Waals surface area contributed by atoms with Crippen molar-refractivity contribution in [2.75, 3.05) is 6.54 Å². The van der Waals surface area contributed by atoms with Crippen molar-refractivity contribution in [3.05, 3.63) is 33.9 Å². The van der Waals surface area contributed by atoms with Gasteiger partial charge in [0.25, 0.3) is 0 Å². The first-order chi connectivity index (χ1) is 12.9. The van der Waals surface area contributed by atoms with Crippen LogP contribution in [0.5, 0.6) is 5.75 Å².